The molecule has 2 aliphatic heterocycles. The molecular weight excluding hydrogens is 483 g/mol. The van der Waals surface area contributed by atoms with Crippen molar-refractivity contribution in [1.82, 2.24) is 4.90 Å². The maximum atomic E-state index is 13.2. The number of anilines is 2. The third-order valence-electron chi connectivity index (χ3n) is 6.68. The van der Waals surface area contributed by atoms with Crippen LogP contribution in [-0.2, 0) is 17.5 Å². The number of alkyl halides is 3. The minimum Gasteiger partial charge on any atom is -0.482 e. The molecule has 6 nitrogen and oxygen atoms in total. The van der Waals surface area contributed by atoms with E-state index in [0.717, 1.165) is 23.3 Å². The van der Waals surface area contributed by atoms with Crippen molar-refractivity contribution < 1.29 is 27.5 Å². The first-order chi connectivity index (χ1) is 17.7. The van der Waals surface area contributed by atoms with Crippen LogP contribution < -0.4 is 14.5 Å². The Morgan fingerprint density at radius 2 is 1.70 bits per heavy atom. The Kier molecular flexibility index (Phi) is 6.54. The fourth-order valence-corrected chi connectivity index (χ4v) is 4.70. The Hall–Kier alpha value is -4.01. The van der Waals surface area contributed by atoms with Gasteiger partial charge in [0.15, 0.2) is 6.61 Å². The highest BCUT2D eigenvalue weighted by atomic mass is 19.4. The number of rotatable bonds is 4. The lowest BCUT2D eigenvalue weighted by Crippen LogP contribution is -2.48. The summed E-state index contributed by atoms with van der Waals surface area (Å²) in [4.78, 5) is 31.1. The zero-order valence-electron chi connectivity index (χ0n) is 20.3. The maximum Gasteiger partial charge on any atom is 0.416 e. The highest BCUT2D eigenvalue weighted by Gasteiger charge is 2.31. The van der Waals surface area contributed by atoms with Crippen LogP contribution in [0.25, 0.3) is 0 Å². The van der Waals surface area contributed by atoms with Crippen LogP contribution in [0.4, 0.5) is 24.5 Å². The number of hydrogen-bond donors (Lipinski definition) is 0. The topological polar surface area (TPSA) is 53.1 Å². The average Bonchev–Trinajstić information content (AvgIpc) is 2.90. The van der Waals surface area contributed by atoms with Crippen LogP contribution >= 0.6 is 0 Å². The second-order valence-electron chi connectivity index (χ2n) is 9.27. The number of carbonyl (C=O) groups is 2. The predicted octanol–water partition coefficient (Wildman–Crippen LogP) is 4.90. The number of fused-ring (bicyclic) bond motifs is 1. The fourth-order valence-electron chi connectivity index (χ4n) is 4.70. The Balaban J connectivity index is 1.26. The number of ether oxygens (including phenoxy) is 1. The summed E-state index contributed by atoms with van der Waals surface area (Å²) in [6, 6.07) is 18.1. The van der Waals surface area contributed by atoms with E-state index >= 15 is 0 Å². The molecule has 37 heavy (non-hydrogen) atoms. The lowest BCUT2D eigenvalue weighted by molar-refractivity contribution is -0.137. The number of nitrogens with zero attached hydrogens (tertiary/aromatic N) is 3. The van der Waals surface area contributed by atoms with Gasteiger partial charge in [0.05, 0.1) is 17.8 Å². The van der Waals surface area contributed by atoms with Crippen molar-refractivity contribution in [3.05, 3.63) is 89.0 Å². The van der Waals surface area contributed by atoms with Crippen LogP contribution in [0.3, 0.4) is 0 Å². The second-order valence-corrected chi connectivity index (χ2v) is 9.27. The third kappa shape index (κ3) is 5.26. The van der Waals surface area contributed by atoms with Crippen LogP contribution in [0, 0.1) is 6.92 Å². The molecule has 2 aliphatic rings. The van der Waals surface area contributed by atoms with Crippen LogP contribution in [0.1, 0.15) is 27.0 Å². The normalized spacial score (nSPS) is 15.9. The summed E-state index contributed by atoms with van der Waals surface area (Å²) in [6.45, 7) is 3.89. The Bertz CT molecular complexity index is 1330. The van der Waals surface area contributed by atoms with Crippen LogP contribution in [0.5, 0.6) is 5.75 Å². The molecule has 0 aliphatic carbocycles. The van der Waals surface area contributed by atoms with E-state index in [2.05, 4.69) is 0 Å². The number of aryl methyl sites for hydroxylation is 1. The van der Waals surface area contributed by atoms with E-state index in [1.165, 1.54) is 6.07 Å². The summed E-state index contributed by atoms with van der Waals surface area (Å²) in [7, 11) is 0. The van der Waals surface area contributed by atoms with Gasteiger partial charge in [0.1, 0.15) is 5.75 Å². The Morgan fingerprint density at radius 3 is 2.46 bits per heavy atom. The molecule has 0 aromatic heterocycles. The Morgan fingerprint density at radius 1 is 0.946 bits per heavy atom. The highest BCUT2D eigenvalue weighted by molar-refractivity contribution is 5.98. The molecule has 2 amide bonds. The van der Waals surface area contributed by atoms with Gasteiger partial charge in [-0.25, -0.2) is 0 Å². The van der Waals surface area contributed by atoms with E-state index in [0.29, 0.717) is 55.4 Å². The van der Waals surface area contributed by atoms with Crippen molar-refractivity contribution in [3.8, 4) is 5.75 Å². The molecule has 2 heterocycles. The van der Waals surface area contributed by atoms with Crippen LogP contribution in [0.2, 0.25) is 0 Å². The molecular formula is C28H26F3N3O3. The van der Waals surface area contributed by atoms with Gasteiger partial charge in [0.2, 0.25) is 0 Å². The minimum absolute atomic E-state index is 0.0365. The molecule has 5 rings (SSSR count). The second kappa shape index (κ2) is 9.80. The van der Waals surface area contributed by atoms with Gasteiger partial charge in [0, 0.05) is 37.4 Å². The largest absolute Gasteiger partial charge is 0.482 e. The quantitative estimate of drug-likeness (QED) is 0.502. The standard InChI is InChI=1S/C28H26F3N3O3/c1-19-8-9-24-25(14-19)37-18-26(35)34(24)17-20-4-2-5-21(15-20)27(36)33-12-10-32(11-13-33)23-7-3-6-22(16-23)28(29,30)31/h2-9,14-16H,10-13,17-18H2,1H3. The van der Waals surface area contributed by atoms with Crippen molar-refractivity contribution in [2.75, 3.05) is 42.6 Å². The zero-order valence-corrected chi connectivity index (χ0v) is 20.3. The van der Waals surface area contributed by atoms with E-state index < -0.39 is 11.7 Å². The van der Waals surface area contributed by atoms with Crippen molar-refractivity contribution in [3.63, 3.8) is 0 Å². The average molecular weight is 510 g/mol. The van der Waals surface area contributed by atoms with Crippen LogP contribution in [0.15, 0.2) is 66.7 Å². The Labute approximate surface area is 212 Å². The third-order valence-corrected chi connectivity index (χ3v) is 6.68. The molecule has 0 spiro atoms. The molecule has 1 saturated heterocycles. The number of carbonyl (C=O) groups excluding carboxylic acids is 2. The van der Waals surface area contributed by atoms with Crippen molar-refractivity contribution in [2.45, 2.75) is 19.6 Å². The maximum absolute atomic E-state index is 13.2. The van der Waals surface area contributed by atoms with E-state index in [4.69, 9.17) is 4.74 Å². The summed E-state index contributed by atoms with van der Waals surface area (Å²) < 4.78 is 44.8. The van der Waals surface area contributed by atoms with Crippen molar-refractivity contribution in [1.29, 1.82) is 0 Å². The molecule has 3 aromatic rings. The monoisotopic (exact) mass is 509 g/mol. The predicted molar refractivity (Wildman–Crippen MR) is 134 cm³/mol. The zero-order chi connectivity index (χ0) is 26.2. The van der Waals surface area contributed by atoms with Gasteiger partial charge in [-0.15, -0.1) is 0 Å². The van der Waals surface area contributed by atoms with Crippen molar-refractivity contribution >= 4 is 23.2 Å². The first kappa shape index (κ1) is 24.7. The number of piperazine rings is 1. The molecule has 0 atom stereocenters. The summed E-state index contributed by atoms with van der Waals surface area (Å²) in [5.74, 6) is 0.360. The van der Waals surface area contributed by atoms with E-state index in [1.54, 1.807) is 34.1 Å². The molecule has 192 valence electrons. The van der Waals surface area contributed by atoms with Gasteiger partial charge in [-0.3, -0.25) is 9.59 Å². The van der Waals surface area contributed by atoms with Crippen molar-refractivity contribution in [2.24, 2.45) is 0 Å². The molecule has 0 bridgehead atoms. The van der Waals surface area contributed by atoms with E-state index in [1.807, 2.05) is 36.1 Å². The smallest absolute Gasteiger partial charge is 0.416 e. The van der Waals surface area contributed by atoms with Gasteiger partial charge in [-0.05, 0) is 60.5 Å². The minimum atomic E-state index is -4.40. The first-order valence-corrected chi connectivity index (χ1v) is 12.0. The lowest BCUT2D eigenvalue weighted by atomic mass is 10.1. The van der Waals surface area contributed by atoms with Crippen LogP contribution in [-0.4, -0.2) is 49.5 Å². The SMILES string of the molecule is Cc1ccc2c(c1)OCC(=O)N2Cc1cccc(C(=O)N2CCN(c3cccc(C(F)(F)F)c3)CC2)c1. The van der Waals surface area contributed by atoms with Gasteiger partial charge >= 0.3 is 6.18 Å². The van der Waals surface area contributed by atoms with E-state index in [-0.39, 0.29) is 18.4 Å². The summed E-state index contributed by atoms with van der Waals surface area (Å²) >= 11 is 0. The van der Waals surface area contributed by atoms with E-state index in [9.17, 15) is 22.8 Å². The van der Waals surface area contributed by atoms with Gasteiger partial charge < -0.3 is 19.4 Å². The number of halogens is 3. The molecule has 0 saturated carbocycles. The van der Waals surface area contributed by atoms with Gasteiger partial charge in [-0.2, -0.15) is 13.2 Å². The molecule has 3 aromatic carbocycles. The number of amides is 2. The fraction of sp³-hybridized carbons (Fsp3) is 0.286. The lowest BCUT2D eigenvalue weighted by Gasteiger charge is -2.36. The molecule has 0 unspecified atom stereocenters. The summed E-state index contributed by atoms with van der Waals surface area (Å²) in [5.41, 5.74) is 2.87. The number of benzene rings is 3. The summed E-state index contributed by atoms with van der Waals surface area (Å²) in [6.07, 6.45) is -4.40. The summed E-state index contributed by atoms with van der Waals surface area (Å²) in [5, 5.41) is 0. The molecule has 9 heteroatoms. The van der Waals surface area contributed by atoms with Gasteiger partial charge in [0.25, 0.3) is 11.8 Å². The molecule has 0 N–H and O–H groups in total. The number of hydrogen-bond acceptors (Lipinski definition) is 4. The first-order valence-electron chi connectivity index (χ1n) is 12.0. The molecule has 1 fully saturated rings. The molecule has 0 radical (unpaired) electrons. The highest BCUT2D eigenvalue weighted by Crippen LogP contribution is 2.34. The van der Waals surface area contributed by atoms with Gasteiger partial charge in [-0.1, -0.05) is 24.3 Å².